The monoisotopic (exact) mass is 378 g/mol. The van der Waals surface area contributed by atoms with E-state index in [9.17, 15) is 0 Å². The fourth-order valence-electron chi connectivity index (χ4n) is 1.83. The third-order valence-corrected chi connectivity index (χ3v) is 4.31. The highest BCUT2D eigenvalue weighted by Gasteiger charge is 2.20. The quantitative estimate of drug-likeness (QED) is 0.585. The molecule has 2 aromatic rings. The Labute approximate surface area is 135 Å². The normalized spacial score (nSPS) is 12.3. The first-order valence-corrected chi connectivity index (χ1v) is 7.44. The zero-order valence-corrected chi connectivity index (χ0v) is 13.8. The van der Waals surface area contributed by atoms with Crippen LogP contribution in [0.4, 0.5) is 0 Å². The van der Waals surface area contributed by atoms with Gasteiger partial charge in [0, 0.05) is 15.6 Å². The summed E-state index contributed by atoms with van der Waals surface area (Å²) < 4.78 is 6.14. The van der Waals surface area contributed by atoms with Gasteiger partial charge in [-0.25, -0.2) is 0 Å². The van der Waals surface area contributed by atoms with Crippen molar-refractivity contribution in [2.75, 3.05) is 7.11 Å². The summed E-state index contributed by atoms with van der Waals surface area (Å²) in [6.07, 6.45) is 0. The molecule has 1 nitrogen and oxygen atoms in total. The van der Waals surface area contributed by atoms with Gasteiger partial charge in [0.1, 0.15) is 5.75 Å². The number of rotatable bonds is 3. The van der Waals surface area contributed by atoms with Crippen LogP contribution >= 0.6 is 50.7 Å². The van der Waals surface area contributed by atoms with E-state index in [2.05, 4.69) is 15.9 Å². The fraction of sp³-hybridized carbons (Fsp3) is 0.143. The molecule has 0 radical (unpaired) electrons. The van der Waals surface area contributed by atoms with Crippen molar-refractivity contribution in [3.8, 4) is 5.75 Å². The van der Waals surface area contributed by atoms with Crippen LogP contribution in [0, 0.1) is 0 Å². The predicted molar refractivity (Wildman–Crippen MR) is 84.9 cm³/mol. The third kappa shape index (κ3) is 3.19. The van der Waals surface area contributed by atoms with Crippen LogP contribution in [0.15, 0.2) is 40.9 Å². The lowest BCUT2D eigenvalue weighted by Gasteiger charge is -2.17. The summed E-state index contributed by atoms with van der Waals surface area (Å²) >= 11 is 22.2. The minimum Gasteiger partial charge on any atom is -0.495 e. The SMILES string of the molecule is COc1c(Br)cc(Cl)cc1C(Cl)c1ccccc1Cl. The van der Waals surface area contributed by atoms with Gasteiger partial charge in [-0.2, -0.15) is 0 Å². The summed E-state index contributed by atoms with van der Waals surface area (Å²) in [6.45, 7) is 0. The third-order valence-electron chi connectivity index (χ3n) is 2.69. The molecule has 0 spiro atoms. The first kappa shape index (κ1) is 15.0. The molecule has 0 amide bonds. The number of methoxy groups -OCH3 is 1. The summed E-state index contributed by atoms with van der Waals surface area (Å²) in [5, 5.41) is 0.764. The molecule has 0 heterocycles. The minimum atomic E-state index is -0.432. The first-order valence-electron chi connectivity index (χ1n) is 5.46. The van der Waals surface area contributed by atoms with Gasteiger partial charge < -0.3 is 4.74 Å². The van der Waals surface area contributed by atoms with Gasteiger partial charge in [0.05, 0.1) is 17.0 Å². The summed E-state index contributed by atoms with van der Waals surface area (Å²) in [5.74, 6) is 0.657. The predicted octanol–water partition coefficient (Wildman–Crippen LogP) is 6.09. The van der Waals surface area contributed by atoms with Gasteiger partial charge in [0.25, 0.3) is 0 Å². The number of hydrogen-bond donors (Lipinski definition) is 0. The molecule has 0 bridgehead atoms. The molecule has 0 aliphatic rings. The van der Waals surface area contributed by atoms with E-state index in [0.717, 1.165) is 15.6 Å². The molecule has 0 aliphatic carbocycles. The number of ether oxygens (including phenoxy) is 1. The van der Waals surface area contributed by atoms with Crippen molar-refractivity contribution >= 4 is 50.7 Å². The Morgan fingerprint density at radius 2 is 1.79 bits per heavy atom. The highest BCUT2D eigenvalue weighted by molar-refractivity contribution is 9.10. The van der Waals surface area contributed by atoms with Crippen LogP contribution in [0.25, 0.3) is 0 Å². The zero-order chi connectivity index (χ0) is 14.0. The summed E-state index contributed by atoms with van der Waals surface area (Å²) in [5.41, 5.74) is 1.59. The Hall–Kier alpha value is -0.410. The average Bonchev–Trinajstić information content (AvgIpc) is 2.37. The molecule has 0 aliphatic heterocycles. The molecule has 2 rings (SSSR count). The molecule has 1 unspecified atom stereocenters. The smallest absolute Gasteiger partial charge is 0.138 e. The lowest BCUT2D eigenvalue weighted by molar-refractivity contribution is 0.407. The number of benzene rings is 2. The van der Waals surface area contributed by atoms with E-state index in [-0.39, 0.29) is 0 Å². The molecule has 0 saturated carbocycles. The van der Waals surface area contributed by atoms with E-state index in [1.165, 1.54) is 0 Å². The van der Waals surface area contributed by atoms with E-state index in [0.29, 0.717) is 15.8 Å². The zero-order valence-electron chi connectivity index (χ0n) is 9.96. The Balaban J connectivity index is 2.55. The molecule has 0 fully saturated rings. The van der Waals surface area contributed by atoms with Crippen LogP contribution in [-0.2, 0) is 0 Å². The van der Waals surface area contributed by atoms with Gasteiger partial charge in [0.2, 0.25) is 0 Å². The maximum atomic E-state index is 6.52. The van der Waals surface area contributed by atoms with E-state index in [4.69, 9.17) is 39.5 Å². The molecular formula is C14H10BrCl3O. The molecule has 19 heavy (non-hydrogen) atoms. The van der Waals surface area contributed by atoms with Crippen LogP contribution < -0.4 is 4.74 Å². The van der Waals surface area contributed by atoms with E-state index in [1.807, 2.05) is 18.2 Å². The van der Waals surface area contributed by atoms with Crippen molar-refractivity contribution in [1.29, 1.82) is 0 Å². The van der Waals surface area contributed by atoms with E-state index in [1.54, 1.807) is 25.3 Å². The van der Waals surface area contributed by atoms with Crippen molar-refractivity contribution in [1.82, 2.24) is 0 Å². The van der Waals surface area contributed by atoms with Gasteiger partial charge in [-0.3, -0.25) is 0 Å². The molecule has 100 valence electrons. The molecule has 1 atom stereocenters. The Morgan fingerprint density at radius 1 is 1.11 bits per heavy atom. The number of halogens is 4. The summed E-state index contributed by atoms with van der Waals surface area (Å²) in [4.78, 5) is 0. The highest BCUT2D eigenvalue weighted by atomic mass is 79.9. The largest absolute Gasteiger partial charge is 0.495 e. The van der Waals surface area contributed by atoms with Crippen molar-refractivity contribution in [2.24, 2.45) is 0 Å². The standard InChI is InChI=1S/C14H10BrCl3O/c1-19-14-10(6-8(16)7-11(14)15)13(18)9-4-2-3-5-12(9)17/h2-7,13H,1H3. The van der Waals surface area contributed by atoms with Crippen LogP contribution in [0.3, 0.4) is 0 Å². The summed E-state index contributed by atoms with van der Waals surface area (Å²) in [6, 6.07) is 11.0. The van der Waals surface area contributed by atoms with E-state index < -0.39 is 5.38 Å². The number of hydrogen-bond acceptors (Lipinski definition) is 1. The van der Waals surface area contributed by atoms with Gasteiger partial charge >= 0.3 is 0 Å². The minimum absolute atomic E-state index is 0.432. The lowest BCUT2D eigenvalue weighted by atomic mass is 10.0. The van der Waals surface area contributed by atoms with Gasteiger partial charge in [-0.1, -0.05) is 41.4 Å². The van der Waals surface area contributed by atoms with Crippen LogP contribution in [-0.4, -0.2) is 7.11 Å². The molecule has 0 N–H and O–H groups in total. The van der Waals surface area contributed by atoms with Crippen molar-refractivity contribution in [3.05, 3.63) is 62.0 Å². The Morgan fingerprint density at radius 3 is 2.42 bits per heavy atom. The second kappa shape index (κ2) is 6.36. The second-order valence-corrected chi connectivity index (χ2v) is 6.03. The van der Waals surface area contributed by atoms with Gasteiger partial charge in [-0.05, 0) is 39.7 Å². The molecule has 2 aromatic carbocycles. The van der Waals surface area contributed by atoms with E-state index >= 15 is 0 Å². The maximum absolute atomic E-state index is 6.52. The van der Waals surface area contributed by atoms with Gasteiger partial charge in [0.15, 0.2) is 0 Å². The average molecular weight is 380 g/mol. The lowest BCUT2D eigenvalue weighted by Crippen LogP contribution is -1.99. The van der Waals surface area contributed by atoms with Crippen molar-refractivity contribution < 1.29 is 4.74 Å². The fourth-order valence-corrected chi connectivity index (χ4v) is 3.48. The van der Waals surface area contributed by atoms with Crippen LogP contribution in [0.5, 0.6) is 5.75 Å². The van der Waals surface area contributed by atoms with Crippen LogP contribution in [0.2, 0.25) is 10.0 Å². The van der Waals surface area contributed by atoms with Crippen molar-refractivity contribution in [3.63, 3.8) is 0 Å². The maximum Gasteiger partial charge on any atom is 0.138 e. The topological polar surface area (TPSA) is 9.23 Å². The Bertz CT molecular complexity index is 601. The molecular weight excluding hydrogens is 370 g/mol. The van der Waals surface area contributed by atoms with Crippen molar-refractivity contribution in [2.45, 2.75) is 5.38 Å². The highest BCUT2D eigenvalue weighted by Crippen LogP contribution is 2.42. The number of alkyl halides is 1. The molecule has 5 heteroatoms. The Kier molecular flexibility index (Phi) is 5.02. The van der Waals surface area contributed by atoms with Crippen LogP contribution in [0.1, 0.15) is 16.5 Å². The summed E-state index contributed by atoms with van der Waals surface area (Å²) in [7, 11) is 1.59. The van der Waals surface area contributed by atoms with Gasteiger partial charge in [-0.15, -0.1) is 11.6 Å². The second-order valence-electron chi connectivity index (χ2n) is 3.89. The first-order chi connectivity index (χ1) is 9.04. The molecule has 0 aromatic heterocycles. The molecule has 0 saturated heterocycles.